The molecule has 0 saturated carbocycles. The maximum Gasteiger partial charge on any atom is 0.132 e. The summed E-state index contributed by atoms with van der Waals surface area (Å²) in [6.07, 6.45) is 0. The third-order valence-corrected chi connectivity index (χ3v) is 3.81. The summed E-state index contributed by atoms with van der Waals surface area (Å²) in [6, 6.07) is 6.74. The monoisotopic (exact) mass is 300 g/mol. The molecule has 0 saturated heterocycles. The lowest BCUT2D eigenvalue weighted by Crippen LogP contribution is -2.26. The van der Waals surface area contributed by atoms with E-state index in [1.54, 1.807) is 12.1 Å². The molecule has 0 aliphatic carbocycles. The zero-order valence-corrected chi connectivity index (χ0v) is 14.6. The molecule has 1 heterocycles. The van der Waals surface area contributed by atoms with Crippen molar-refractivity contribution >= 4 is 0 Å². The highest BCUT2D eigenvalue weighted by Crippen LogP contribution is 2.37. The van der Waals surface area contributed by atoms with Crippen LogP contribution in [0.2, 0.25) is 0 Å². The molecule has 0 radical (unpaired) electrons. The van der Waals surface area contributed by atoms with Gasteiger partial charge in [-0.2, -0.15) is 5.10 Å². The van der Waals surface area contributed by atoms with Crippen LogP contribution in [0.25, 0.3) is 11.3 Å². The van der Waals surface area contributed by atoms with E-state index in [9.17, 15) is 4.39 Å². The van der Waals surface area contributed by atoms with E-state index in [4.69, 9.17) is 0 Å². The Hall–Kier alpha value is -1.77. The van der Waals surface area contributed by atoms with E-state index >= 15 is 0 Å². The van der Waals surface area contributed by atoms with Gasteiger partial charge < -0.3 is 0 Å². The van der Waals surface area contributed by atoms with Crippen LogP contribution in [-0.4, -0.2) is 10.2 Å². The second-order valence-electron chi connectivity index (χ2n) is 7.88. The molecule has 1 aromatic carbocycles. The molecule has 0 aliphatic heterocycles. The number of hydrogen-bond donors (Lipinski definition) is 0. The highest BCUT2D eigenvalue weighted by Gasteiger charge is 2.30. The number of nitrogens with zero attached hydrogens (tertiary/aromatic N) is 2. The Morgan fingerprint density at radius 2 is 1.45 bits per heavy atom. The first-order chi connectivity index (χ1) is 10.0. The molecule has 1 aromatic heterocycles. The van der Waals surface area contributed by atoms with E-state index in [0.29, 0.717) is 11.3 Å². The molecule has 2 aromatic rings. The van der Waals surface area contributed by atoms with Gasteiger partial charge in [-0.3, -0.25) is 0 Å². The predicted octanol–water partition coefficient (Wildman–Crippen LogP) is 5.19. The Morgan fingerprint density at radius 1 is 0.864 bits per heavy atom. The molecule has 22 heavy (non-hydrogen) atoms. The summed E-state index contributed by atoms with van der Waals surface area (Å²) in [4.78, 5) is 0. The third kappa shape index (κ3) is 3.03. The quantitative estimate of drug-likeness (QED) is 0.724. The highest BCUT2D eigenvalue weighted by molar-refractivity contribution is 5.65. The van der Waals surface area contributed by atoms with Crippen LogP contribution >= 0.6 is 0 Å². The molecular weight excluding hydrogens is 275 g/mol. The van der Waals surface area contributed by atoms with Gasteiger partial charge in [0.1, 0.15) is 5.82 Å². The van der Waals surface area contributed by atoms with E-state index in [2.05, 4.69) is 51.7 Å². The van der Waals surface area contributed by atoms with Crippen LogP contribution in [0, 0.1) is 12.7 Å². The SMILES string of the molecule is Cc1c(-c2ccccc2F)nnc(C(C)(C)C)c1C(C)(C)C. The number of rotatable bonds is 1. The smallest absolute Gasteiger partial charge is 0.132 e. The molecule has 2 rings (SSSR count). The molecule has 0 atom stereocenters. The number of aromatic nitrogens is 2. The number of hydrogen-bond acceptors (Lipinski definition) is 2. The van der Waals surface area contributed by atoms with Gasteiger partial charge >= 0.3 is 0 Å². The lowest BCUT2D eigenvalue weighted by Gasteiger charge is -2.30. The van der Waals surface area contributed by atoms with Crippen molar-refractivity contribution in [2.75, 3.05) is 0 Å². The molecule has 2 nitrogen and oxygen atoms in total. The van der Waals surface area contributed by atoms with Crippen molar-refractivity contribution in [2.24, 2.45) is 0 Å². The van der Waals surface area contributed by atoms with Gasteiger partial charge in [0.2, 0.25) is 0 Å². The van der Waals surface area contributed by atoms with Crippen LogP contribution in [0.15, 0.2) is 24.3 Å². The summed E-state index contributed by atoms with van der Waals surface area (Å²) in [6.45, 7) is 14.9. The van der Waals surface area contributed by atoms with Crippen molar-refractivity contribution in [1.82, 2.24) is 10.2 Å². The molecule has 0 aliphatic rings. The Morgan fingerprint density at radius 3 is 1.95 bits per heavy atom. The number of benzene rings is 1. The van der Waals surface area contributed by atoms with Crippen LogP contribution in [0.1, 0.15) is 58.4 Å². The van der Waals surface area contributed by atoms with Crippen molar-refractivity contribution in [3.63, 3.8) is 0 Å². The lowest BCUT2D eigenvalue weighted by molar-refractivity contribution is 0.502. The first-order valence-electron chi connectivity index (χ1n) is 7.66. The van der Waals surface area contributed by atoms with Gasteiger partial charge in [-0.25, -0.2) is 4.39 Å². The summed E-state index contributed by atoms with van der Waals surface area (Å²) in [5.41, 5.74) is 4.12. The predicted molar refractivity (Wildman–Crippen MR) is 89.6 cm³/mol. The molecule has 0 unspecified atom stereocenters. The Bertz CT molecular complexity index is 692. The lowest BCUT2D eigenvalue weighted by atomic mass is 9.76. The second-order valence-corrected chi connectivity index (χ2v) is 7.88. The van der Waals surface area contributed by atoms with Gasteiger partial charge in [0.05, 0.1) is 11.4 Å². The zero-order chi connectivity index (χ0) is 16.7. The average Bonchev–Trinajstić information content (AvgIpc) is 2.37. The summed E-state index contributed by atoms with van der Waals surface area (Å²) >= 11 is 0. The van der Waals surface area contributed by atoms with Crippen molar-refractivity contribution in [3.05, 3.63) is 46.9 Å². The van der Waals surface area contributed by atoms with Gasteiger partial charge in [-0.05, 0) is 35.6 Å². The minimum absolute atomic E-state index is 0.0807. The van der Waals surface area contributed by atoms with Gasteiger partial charge in [-0.1, -0.05) is 53.7 Å². The Labute approximate surface area is 132 Å². The number of halogens is 1. The van der Waals surface area contributed by atoms with E-state index < -0.39 is 0 Å². The van der Waals surface area contributed by atoms with Crippen LogP contribution in [0.3, 0.4) is 0 Å². The van der Waals surface area contributed by atoms with E-state index in [1.807, 2.05) is 13.0 Å². The molecule has 0 fully saturated rings. The molecule has 0 spiro atoms. The minimum atomic E-state index is -0.261. The van der Waals surface area contributed by atoms with E-state index in [0.717, 1.165) is 16.8 Å². The molecule has 118 valence electrons. The summed E-state index contributed by atoms with van der Waals surface area (Å²) in [5.74, 6) is -0.261. The Balaban J connectivity index is 2.80. The largest absolute Gasteiger partial charge is 0.206 e. The summed E-state index contributed by atoms with van der Waals surface area (Å²) in [7, 11) is 0. The molecule has 3 heteroatoms. The zero-order valence-electron chi connectivity index (χ0n) is 14.6. The first kappa shape index (κ1) is 16.6. The second kappa shape index (κ2) is 5.45. The van der Waals surface area contributed by atoms with Crippen molar-refractivity contribution in [3.8, 4) is 11.3 Å². The molecule has 0 bridgehead atoms. The molecule has 0 amide bonds. The summed E-state index contributed by atoms with van der Waals surface area (Å²) in [5, 5.41) is 8.84. The van der Waals surface area contributed by atoms with Crippen LogP contribution in [-0.2, 0) is 10.8 Å². The van der Waals surface area contributed by atoms with Crippen LogP contribution in [0.4, 0.5) is 4.39 Å². The third-order valence-electron chi connectivity index (χ3n) is 3.81. The van der Waals surface area contributed by atoms with Gasteiger partial charge in [0.25, 0.3) is 0 Å². The van der Waals surface area contributed by atoms with E-state index in [1.165, 1.54) is 6.07 Å². The van der Waals surface area contributed by atoms with Crippen molar-refractivity contribution in [2.45, 2.75) is 59.3 Å². The first-order valence-corrected chi connectivity index (χ1v) is 7.66. The van der Waals surface area contributed by atoms with Gasteiger partial charge in [0, 0.05) is 11.0 Å². The minimum Gasteiger partial charge on any atom is -0.206 e. The fraction of sp³-hybridized carbons (Fsp3) is 0.474. The van der Waals surface area contributed by atoms with Gasteiger partial charge in [-0.15, -0.1) is 5.10 Å². The highest BCUT2D eigenvalue weighted by atomic mass is 19.1. The average molecular weight is 300 g/mol. The maximum absolute atomic E-state index is 14.2. The van der Waals surface area contributed by atoms with Crippen LogP contribution in [0.5, 0.6) is 0 Å². The molecule has 0 N–H and O–H groups in total. The van der Waals surface area contributed by atoms with Gasteiger partial charge in [0.15, 0.2) is 0 Å². The van der Waals surface area contributed by atoms with Crippen molar-refractivity contribution in [1.29, 1.82) is 0 Å². The maximum atomic E-state index is 14.2. The fourth-order valence-electron chi connectivity index (χ4n) is 2.87. The van der Waals surface area contributed by atoms with Crippen molar-refractivity contribution < 1.29 is 4.39 Å². The topological polar surface area (TPSA) is 25.8 Å². The van der Waals surface area contributed by atoms with Crippen LogP contribution < -0.4 is 0 Å². The Kier molecular flexibility index (Phi) is 4.12. The fourth-order valence-corrected chi connectivity index (χ4v) is 2.87. The standard InChI is InChI=1S/C19H25FN2/c1-12-15(18(2,3)4)17(19(5,6)7)22-21-16(12)13-10-8-9-11-14(13)20/h8-11H,1-7H3. The van der Waals surface area contributed by atoms with E-state index in [-0.39, 0.29) is 16.6 Å². The molecular formula is C19H25FN2. The summed E-state index contributed by atoms with van der Waals surface area (Å²) < 4.78 is 14.2. The normalized spacial score (nSPS) is 12.5.